The van der Waals surface area contributed by atoms with Crippen molar-refractivity contribution in [2.75, 3.05) is 13.1 Å². The van der Waals surface area contributed by atoms with Crippen LogP contribution in [0.15, 0.2) is 72.8 Å². The van der Waals surface area contributed by atoms with E-state index in [-0.39, 0.29) is 17.9 Å². The van der Waals surface area contributed by atoms with E-state index in [9.17, 15) is 4.79 Å². The molecule has 1 atom stereocenters. The third-order valence-electron chi connectivity index (χ3n) is 6.84. The predicted octanol–water partition coefficient (Wildman–Crippen LogP) is 7.27. The van der Waals surface area contributed by atoms with Gasteiger partial charge in [-0.15, -0.1) is 0 Å². The number of aryl methyl sites for hydroxylation is 1. The minimum absolute atomic E-state index is 0.0320. The third-order valence-corrected chi connectivity index (χ3v) is 7.08. The SMILES string of the molecule is Cc1ccc(C(=O)N(CCCNC(C)C)C(c2nc3cc(Cl)ccc3n2Cc2ccccc2)C(C)C)cc1. The molecule has 38 heavy (non-hydrogen) atoms. The van der Waals surface area contributed by atoms with Gasteiger partial charge in [0.25, 0.3) is 5.91 Å². The number of nitrogens with one attached hydrogen (secondary N) is 1. The maximum absolute atomic E-state index is 14.1. The minimum Gasteiger partial charge on any atom is -0.328 e. The van der Waals surface area contributed by atoms with Crippen molar-refractivity contribution in [2.45, 2.75) is 59.7 Å². The molecule has 0 spiro atoms. The second-order valence-corrected chi connectivity index (χ2v) is 11.1. The Kier molecular flexibility index (Phi) is 9.24. The molecule has 0 radical (unpaired) electrons. The number of amides is 1. The smallest absolute Gasteiger partial charge is 0.254 e. The zero-order chi connectivity index (χ0) is 27.2. The number of benzene rings is 3. The van der Waals surface area contributed by atoms with Crippen molar-refractivity contribution in [3.8, 4) is 0 Å². The predicted molar refractivity (Wildman–Crippen MR) is 158 cm³/mol. The first-order valence-electron chi connectivity index (χ1n) is 13.5. The lowest BCUT2D eigenvalue weighted by Gasteiger charge is -2.35. The number of aromatic nitrogens is 2. The third kappa shape index (κ3) is 6.64. The molecule has 4 rings (SSSR count). The van der Waals surface area contributed by atoms with Gasteiger partial charge in [0.15, 0.2) is 0 Å². The molecule has 1 N–H and O–H groups in total. The quantitative estimate of drug-likeness (QED) is 0.207. The highest BCUT2D eigenvalue weighted by atomic mass is 35.5. The number of hydrogen-bond acceptors (Lipinski definition) is 3. The summed E-state index contributed by atoms with van der Waals surface area (Å²) < 4.78 is 2.26. The summed E-state index contributed by atoms with van der Waals surface area (Å²) in [4.78, 5) is 21.2. The number of rotatable bonds is 11. The highest BCUT2D eigenvalue weighted by Crippen LogP contribution is 2.33. The number of nitrogens with zero attached hydrogens (tertiary/aromatic N) is 3. The average Bonchev–Trinajstić information content (AvgIpc) is 3.22. The van der Waals surface area contributed by atoms with Crippen molar-refractivity contribution in [1.29, 1.82) is 0 Å². The number of halogens is 1. The molecule has 6 heteroatoms. The zero-order valence-electron chi connectivity index (χ0n) is 23.1. The summed E-state index contributed by atoms with van der Waals surface area (Å²) in [5.41, 5.74) is 4.88. The second kappa shape index (κ2) is 12.6. The molecule has 1 amide bonds. The molecule has 5 nitrogen and oxygen atoms in total. The van der Waals surface area contributed by atoms with E-state index in [0.717, 1.165) is 35.4 Å². The number of fused-ring (bicyclic) bond motifs is 1. The molecule has 0 saturated heterocycles. The molecule has 0 fully saturated rings. The van der Waals surface area contributed by atoms with E-state index in [0.29, 0.717) is 29.7 Å². The minimum atomic E-state index is -0.210. The molecule has 4 aromatic rings. The number of imidazole rings is 1. The summed E-state index contributed by atoms with van der Waals surface area (Å²) in [5.74, 6) is 1.06. The van der Waals surface area contributed by atoms with Crippen LogP contribution in [0.4, 0.5) is 0 Å². The fraction of sp³-hybridized carbons (Fsp3) is 0.375. The molecular weight excluding hydrogens is 492 g/mol. The highest BCUT2D eigenvalue weighted by molar-refractivity contribution is 6.31. The monoisotopic (exact) mass is 530 g/mol. The van der Waals surface area contributed by atoms with Gasteiger partial charge in [-0.05, 0) is 61.7 Å². The van der Waals surface area contributed by atoms with Crippen molar-refractivity contribution in [3.05, 3.63) is 100 Å². The summed E-state index contributed by atoms with van der Waals surface area (Å²) >= 11 is 6.38. The van der Waals surface area contributed by atoms with E-state index in [1.165, 1.54) is 5.56 Å². The lowest BCUT2D eigenvalue weighted by Crippen LogP contribution is -2.40. The Hall–Kier alpha value is -3.15. The van der Waals surface area contributed by atoms with E-state index in [1.807, 2.05) is 60.4 Å². The first-order chi connectivity index (χ1) is 18.2. The summed E-state index contributed by atoms with van der Waals surface area (Å²) in [5, 5.41) is 4.15. The molecule has 0 bridgehead atoms. The molecule has 1 aromatic heterocycles. The van der Waals surface area contributed by atoms with Crippen LogP contribution in [0.25, 0.3) is 11.0 Å². The molecule has 0 aliphatic carbocycles. The lowest BCUT2D eigenvalue weighted by molar-refractivity contribution is 0.0603. The van der Waals surface area contributed by atoms with Crippen LogP contribution in [-0.4, -0.2) is 39.5 Å². The fourth-order valence-corrected chi connectivity index (χ4v) is 5.11. The van der Waals surface area contributed by atoms with Gasteiger partial charge >= 0.3 is 0 Å². The van der Waals surface area contributed by atoms with Crippen LogP contribution in [0.5, 0.6) is 0 Å². The lowest BCUT2D eigenvalue weighted by atomic mass is 9.99. The Morgan fingerprint density at radius 2 is 1.71 bits per heavy atom. The Bertz CT molecular complexity index is 1350. The average molecular weight is 531 g/mol. The molecular formula is C32H39ClN4O. The van der Waals surface area contributed by atoms with Gasteiger partial charge in [-0.25, -0.2) is 4.98 Å². The molecule has 0 aliphatic heterocycles. The maximum Gasteiger partial charge on any atom is 0.254 e. The highest BCUT2D eigenvalue weighted by Gasteiger charge is 2.33. The molecule has 3 aromatic carbocycles. The van der Waals surface area contributed by atoms with Crippen LogP contribution < -0.4 is 5.32 Å². The van der Waals surface area contributed by atoms with Crippen molar-refractivity contribution in [1.82, 2.24) is 19.8 Å². The van der Waals surface area contributed by atoms with Crippen LogP contribution >= 0.6 is 11.6 Å². The Morgan fingerprint density at radius 3 is 2.37 bits per heavy atom. The largest absolute Gasteiger partial charge is 0.328 e. The molecule has 1 heterocycles. The first kappa shape index (κ1) is 27.9. The van der Waals surface area contributed by atoms with Gasteiger partial charge in [-0.1, -0.05) is 87.3 Å². The van der Waals surface area contributed by atoms with Crippen molar-refractivity contribution < 1.29 is 4.79 Å². The summed E-state index contributed by atoms with van der Waals surface area (Å²) in [6.07, 6.45) is 0.851. The topological polar surface area (TPSA) is 50.2 Å². The summed E-state index contributed by atoms with van der Waals surface area (Å²) in [6, 6.07) is 24.3. The second-order valence-electron chi connectivity index (χ2n) is 10.7. The number of carbonyl (C=O) groups excluding carboxylic acids is 1. The van der Waals surface area contributed by atoms with Crippen LogP contribution in [0.1, 0.15) is 67.5 Å². The van der Waals surface area contributed by atoms with Crippen molar-refractivity contribution >= 4 is 28.5 Å². The van der Waals surface area contributed by atoms with Gasteiger partial charge in [0.05, 0.1) is 17.1 Å². The summed E-state index contributed by atoms with van der Waals surface area (Å²) in [6.45, 7) is 12.8. The van der Waals surface area contributed by atoms with Gasteiger partial charge in [0.2, 0.25) is 0 Å². The van der Waals surface area contributed by atoms with Crippen LogP contribution in [0.3, 0.4) is 0 Å². The van der Waals surface area contributed by atoms with Gasteiger partial charge in [0, 0.05) is 29.7 Å². The van der Waals surface area contributed by atoms with Crippen LogP contribution in [0.2, 0.25) is 5.02 Å². The van der Waals surface area contributed by atoms with Crippen molar-refractivity contribution in [3.63, 3.8) is 0 Å². The van der Waals surface area contributed by atoms with Gasteiger partial charge in [-0.2, -0.15) is 0 Å². The fourth-order valence-electron chi connectivity index (χ4n) is 4.95. The molecule has 1 unspecified atom stereocenters. The Morgan fingerprint density at radius 1 is 1.00 bits per heavy atom. The van der Waals surface area contributed by atoms with E-state index < -0.39 is 0 Å². The maximum atomic E-state index is 14.1. The van der Waals surface area contributed by atoms with Crippen LogP contribution in [-0.2, 0) is 6.54 Å². The number of carbonyl (C=O) groups is 1. The van der Waals surface area contributed by atoms with Gasteiger partial charge in [-0.3, -0.25) is 4.79 Å². The van der Waals surface area contributed by atoms with E-state index >= 15 is 0 Å². The van der Waals surface area contributed by atoms with Gasteiger partial charge in [0.1, 0.15) is 5.82 Å². The number of hydrogen-bond donors (Lipinski definition) is 1. The molecule has 0 aliphatic rings. The zero-order valence-corrected chi connectivity index (χ0v) is 23.9. The standard InChI is InChI=1S/C32H39ClN4O/c1-22(2)30(36(19-9-18-34-23(3)4)32(38)26-14-12-24(5)13-15-26)31-35-28-20-27(33)16-17-29(28)37(31)21-25-10-7-6-8-11-25/h6-8,10-17,20,22-23,30,34H,9,18-19,21H2,1-5H3. The summed E-state index contributed by atoms with van der Waals surface area (Å²) in [7, 11) is 0. The molecule has 0 saturated carbocycles. The van der Waals surface area contributed by atoms with E-state index in [2.05, 4.69) is 61.8 Å². The van der Waals surface area contributed by atoms with E-state index in [4.69, 9.17) is 16.6 Å². The van der Waals surface area contributed by atoms with E-state index in [1.54, 1.807) is 0 Å². The van der Waals surface area contributed by atoms with Crippen LogP contribution in [0, 0.1) is 12.8 Å². The molecule has 200 valence electrons. The van der Waals surface area contributed by atoms with Crippen molar-refractivity contribution in [2.24, 2.45) is 5.92 Å². The van der Waals surface area contributed by atoms with Gasteiger partial charge < -0.3 is 14.8 Å². The normalized spacial score (nSPS) is 12.4. The first-order valence-corrected chi connectivity index (χ1v) is 13.9. The Labute approximate surface area is 231 Å². The Balaban J connectivity index is 1.81.